The lowest BCUT2D eigenvalue weighted by Gasteiger charge is -2.06. The summed E-state index contributed by atoms with van der Waals surface area (Å²) in [5.74, 6) is 0.541. The van der Waals surface area contributed by atoms with Crippen LogP contribution >= 0.6 is 23.2 Å². The van der Waals surface area contributed by atoms with Crippen molar-refractivity contribution in [1.82, 2.24) is 0 Å². The largest absolute Gasteiger partial charge is 0.495 e. The molecule has 0 atom stereocenters. The first-order valence-corrected chi connectivity index (χ1v) is 3.76. The lowest BCUT2D eigenvalue weighted by atomic mass is 10.2. The van der Waals surface area contributed by atoms with Crippen LogP contribution in [-0.4, -0.2) is 7.11 Å². The zero-order valence-corrected chi connectivity index (χ0v) is 7.54. The smallest absolute Gasteiger partial charge is 0.142 e. The van der Waals surface area contributed by atoms with Gasteiger partial charge in [-0.1, -0.05) is 29.3 Å². The molecule has 0 heterocycles. The quantitative estimate of drug-likeness (QED) is 0.660. The zero-order chi connectivity index (χ0) is 8.43. The molecule has 0 saturated heterocycles. The maximum absolute atomic E-state index is 5.80. The van der Waals surface area contributed by atoms with Crippen LogP contribution in [0.5, 0.6) is 5.75 Å². The van der Waals surface area contributed by atoms with E-state index in [-0.39, 0.29) is 0 Å². The van der Waals surface area contributed by atoms with E-state index in [1.165, 1.54) is 7.11 Å². The third-order valence-electron chi connectivity index (χ3n) is 1.34. The van der Waals surface area contributed by atoms with Crippen LogP contribution in [0.25, 0.3) is 0 Å². The van der Waals surface area contributed by atoms with Crippen LogP contribution < -0.4 is 4.74 Å². The van der Waals surface area contributed by atoms with Crippen LogP contribution in [0.15, 0.2) is 12.1 Å². The minimum Gasteiger partial charge on any atom is -0.495 e. The fourth-order valence-corrected chi connectivity index (χ4v) is 1.20. The second-order valence-electron chi connectivity index (χ2n) is 2.05. The SMILES string of the molecule is [CH2]c1ccc(Cl)c(Cl)c1OC. The summed E-state index contributed by atoms with van der Waals surface area (Å²) in [7, 11) is 1.53. The second-order valence-corrected chi connectivity index (χ2v) is 2.84. The van der Waals surface area contributed by atoms with Crippen molar-refractivity contribution in [3.8, 4) is 5.75 Å². The molecule has 0 aliphatic heterocycles. The van der Waals surface area contributed by atoms with Gasteiger partial charge >= 0.3 is 0 Å². The van der Waals surface area contributed by atoms with Gasteiger partial charge in [0, 0.05) is 0 Å². The highest BCUT2D eigenvalue weighted by atomic mass is 35.5. The third-order valence-corrected chi connectivity index (χ3v) is 2.12. The van der Waals surface area contributed by atoms with Crippen LogP contribution in [0.4, 0.5) is 0 Å². The Hall–Kier alpha value is -0.400. The molecular weight excluding hydrogens is 183 g/mol. The van der Waals surface area contributed by atoms with Crippen LogP contribution in [0.3, 0.4) is 0 Å². The minimum absolute atomic E-state index is 0.418. The van der Waals surface area contributed by atoms with Gasteiger partial charge in [-0.3, -0.25) is 0 Å². The van der Waals surface area contributed by atoms with Crippen molar-refractivity contribution in [3.05, 3.63) is 34.7 Å². The monoisotopic (exact) mass is 189 g/mol. The Kier molecular flexibility index (Phi) is 2.63. The van der Waals surface area contributed by atoms with Crippen molar-refractivity contribution in [2.45, 2.75) is 0 Å². The summed E-state index contributed by atoms with van der Waals surface area (Å²) in [6.45, 7) is 3.73. The number of halogens is 2. The molecule has 0 aliphatic rings. The number of ether oxygens (including phenoxy) is 1. The Bertz CT molecular complexity index is 271. The van der Waals surface area contributed by atoms with Crippen LogP contribution in [0.1, 0.15) is 5.56 Å². The first-order valence-electron chi connectivity index (χ1n) is 3.00. The highest BCUT2D eigenvalue weighted by Gasteiger charge is 2.06. The van der Waals surface area contributed by atoms with Crippen LogP contribution in [-0.2, 0) is 0 Å². The topological polar surface area (TPSA) is 9.23 Å². The summed E-state index contributed by atoms with van der Waals surface area (Å²) in [5.41, 5.74) is 0.738. The van der Waals surface area contributed by atoms with Gasteiger partial charge in [0.05, 0.1) is 12.1 Å². The summed E-state index contributed by atoms with van der Waals surface area (Å²) in [6, 6.07) is 3.45. The van der Waals surface area contributed by atoms with E-state index in [1.807, 2.05) is 0 Å². The van der Waals surface area contributed by atoms with Crippen LogP contribution in [0, 0.1) is 6.92 Å². The Morgan fingerprint density at radius 2 is 2.00 bits per heavy atom. The van der Waals surface area contributed by atoms with E-state index in [9.17, 15) is 0 Å². The molecule has 0 aromatic heterocycles. The van der Waals surface area contributed by atoms with Crippen LogP contribution in [0.2, 0.25) is 10.0 Å². The normalized spacial score (nSPS) is 9.82. The van der Waals surface area contributed by atoms with Crippen molar-refractivity contribution < 1.29 is 4.74 Å². The minimum atomic E-state index is 0.418. The van der Waals surface area contributed by atoms with E-state index in [1.54, 1.807) is 12.1 Å². The molecule has 1 rings (SSSR count). The van der Waals surface area contributed by atoms with Gasteiger partial charge in [-0.05, 0) is 18.6 Å². The Morgan fingerprint density at radius 3 is 2.45 bits per heavy atom. The van der Waals surface area contributed by atoms with E-state index in [2.05, 4.69) is 6.92 Å². The number of methoxy groups -OCH3 is 1. The Balaban J connectivity index is 3.29. The molecule has 0 aliphatic carbocycles. The summed E-state index contributed by atoms with van der Waals surface area (Å²) in [5, 5.41) is 0.901. The maximum atomic E-state index is 5.80. The molecule has 0 spiro atoms. The van der Waals surface area contributed by atoms with Gasteiger partial charge in [0.1, 0.15) is 10.8 Å². The second kappa shape index (κ2) is 3.33. The predicted octanol–water partition coefficient (Wildman–Crippen LogP) is 3.18. The van der Waals surface area contributed by atoms with E-state index >= 15 is 0 Å². The maximum Gasteiger partial charge on any atom is 0.142 e. The van der Waals surface area contributed by atoms with E-state index < -0.39 is 0 Å². The molecule has 3 heteroatoms. The molecule has 1 nitrogen and oxygen atoms in total. The van der Waals surface area contributed by atoms with Crippen molar-refractivity contribution in [2.24, 2.45) is 0 Å². The molecule has 1 radical (unpaired) electrons. The summed E-state index contributed by atoms with van der Waals surface area (Å²) in [6.07, 6.45) is 0. The Morgan fingerprint density at radius 1 is 1.36 bits per heavy atom. The average Bonchev–Trinajstić information content (AvgIpc) is 1.99. The lowest BCUT2D eigenvalue weighted by Crippen LogP contribution is -1.87. The molecular formula is C8H7Cl2O. The fraction of sp³-hybridized carbons (Fsp3) is 0.125. The number of rotatable bonds is 1. The molecule has 0 amide bonds. The third kappa shape index (κ3) is 1.60. The van der Waals surface area contributed by atoms with E-state index in [0.29, 0.717) is 15.8 Å². The van der Waals surface area contributed by atoms with E-state index in [0.717, 1.165) is 5.56 Å². The first kappa shape index (κ1) is 8.69. The van der Waals surface area contributed by atoms with E-state index in [4.69, 9.17) is 27.9 Å². The van der Waals surface area contributed by atoms with Gasteiger partial charge < -0.3 is 4.74 Å². The summed E-state index contributed by atoms with van der Waals surface area (Å²) in [4.78, 5) is 0. The van der Waals surface area contributed by atoms with Gasteiger partial charge in [0.2, 0.25) is 0 Å². The number of hydrogen-bond donors (Lipinski definition) is 0. The highest BCUT2D eigenvalue weighted by Crippen LogP contribution is 2.34. The molecule has 0 fully saturated rings. The fourth-order valence-electron chi connectivity index (χ4n) is 0.793. The van der Waals surface area contributed by atoms with Crippen molar-refractivity contribution in [2.75, 3.05) is 7.11 Å². The number of benzene rings is 1. The zero-order valence-electron chi connectivity index (χ0n) is 6.03. The predicted molar refractivity (Wildman–Crippen MR) is 47.5 cm³/mol. The van der Waals surface area contributed by atoms with Crippen molar-refractivity contribution in [1.29, 1.82) is 0 Å². The average molecular weight is 190 g/mol. The van der Waals surface area contributed by atoms with Gasteiger partial charge in [0.15, 0.2) is 0 Å². The summed E-state index contributed by atoms with van der Waals surface area (Å²) >= 11 is 11.5. The molecule has 0 bridgehead atoms. The summed E-state index contributed by atoms with van der Waals surface area (Å²) < 4.78 is 4.98. The molecule has 0 N–H and O–H groups in total. The van der Waals surface area contributed by atoms with Gasteiger partial charge in [-0.25, -0.2) is 0 Å². The van der Waals surface area contributed by atoms with Gasteiger partial charge in [-0.2, -0.15) is 0 Å². The van der Waals surface area contributed by atoms with Crippen molar-refractivity contribution >= 4 is 23.2 Å². The molecule has 0 unspecified atom stereocenters. The van der Waals surface area contributed by atoms with Crippen molar-refractivity contribution in [3.63, 3.8) is 0 Å². The molecule has 1 aromatic rings. The molecule has 1 aromatic carbocycles. The molecule has 0 saturated carbocycles. The highest BCUT2D eigenvalue weighted by molar-refractivity contribution is 6.43. The Labute approximate surface area is 75.9 Å². The first-order chi connectivity index (χ1) is 5.16. The standard InChI is InChI=1S/C8H7Cl2O/c1-5-3-4-6(9)7(10)8(5)11-2/h3-4H,1H2,2H3. The van der Waals surface area contributed by atoms with Gasteiger partial charge in [0.25, 0.3) is 0 Å². The lowest BCUT2D eigenvalue weighted by molar-refractivity contribution is 0.413. The molecule has 59 valence electrons. The molecule has 11 heavy (non-hydrogen) atoms. The van der Waals surface area contributed by atoms with Gasteiger partial charge in [-0.15, -0.1) is 0 Å². The number of hydrogen-bond acceptors (Lipinski definition) is 1.